The van der Waals surface area contributed by atoms with E-state index in [2.05, 4.69) is 25.4 Å². The number of nitrogens with zero attached hydrogens (tertiary/aromatic N) is 4. The number of fused-ring (bicyclic) bond motifs is 1. The van der Waals surface area contributed by atoms with Gasteiger partial charge in [0.15, 0.2) is 11.5 Å². The lowest BCUT2D eigenvalue weighted by atomic mass is 10.1. The van der Waals surface area contributed by atoms with Gasteiger partial charge < -0.3 is 10.2 Å². The molecule has 4 rings (SSSR count). The second-order valence-electron chi connectivity index (χ2n) is 6.15. The average molecular weight is 333 g/mol. The van der Waals surface area contributed by atoms with Crippen molar-refractivity contribution in [3.8, 4) is 0 Å². The SMILES string of the molecule is O=C(NCc1cccc2cccnc12)c1ccc(N2CCCC2)nn1. The Morgan fingerprint density at radius 3 is 2.68 bits per heavy atom. The third-order valence-corrected chi connectivity index (χ3v) is 4.47. The van der Waals surface area contributed by atoms with Crippen LogP contribution in [-0.4, -0.2) is 34.2 Å². The fraction of sp³-hybridized carbons (Fsp3) is 0.263. The number of benzene rings is 1. The van der Waals surface area contributed by atoms with Gasteiger partial charge in [-0.1, -0.05) is 24.3 Å². The van der Waals surface area contributed by atoms with Gasteiger partial charge in [0.2, 0.25) is 0 Å². The average Bonchev–Trinajstić information content (AvgIpc) is 3.21. The fourth-order valence-electron chi connectivity index (χ4n) is 3.14. The van der Waals surface area contributed by atoms with Gasteiger partial charge in [0.25, 0.3) is 5.91 Å². The van der Waals surface area contributed by atoms with E-state index in [0.717, 1.165) is 35.4 Å². The lowest BCUT2D eigenvalue weighted by molar-refractivity contribution is 0.0945. The predicted molar refractivity (Wildman–Crippen MR) is 96.4 cm³/mol. The molecule has 3 heterocycles. The van der Waals surface area contributed by atoms with Crippen molar-refractivity contribution in [3.05, 3.63) is 59.9 Å². The fourth-order valence-corrected chi connectivity index (χ4v) is 3.14. The molecular weight excluding hydrogens is 314 g/mol. The van der Waals surface area contributed by atoms with Crippen molar-refractivity contribution < 1.29 is 4.79 Å². The molecule has 0 radical (unpaired) electrons. The minimum absolute atomic E-state index is 0.228. The number of carbonyl (C=O) groups is 1. The Kier molecular flexibility index (Phi) is 4.24. The molecule has 6 heteroatoms. The first kappa shape index (κ1) is 15.5. The van der Waals surface area contributed by atoms with E-state index in [9.17, 15) is 4.79 Å². The minimum atomic E-state index is -0.228. The van der Waals surface area contributed by atoms with Crippen LogP contribution >= 0.6 is 0 Å². The van der Waals surface area contributed by atoms with E-state index >= 15 is 0 Å². The van der Waals surface area contributed by atoms with Gasteiger partial charge in [0.1, 0.15) is 0 Å². The number of hydrogen-bond donors (Lipinski definition) is 1. The zero-order valence-electron chi connectivity index (χ0n) is 13.9. The molecule has 1 aromatic carbocycles. The first-order chi connectivity index (χ1) is 12.3. The molecule has 1 aliphatic rings. The van der Waals surface area contributed by atoms with Gasteiger partial charge in [-0.05, 0) is 36.6 Å². The smallest absolute Gasteiger partial charge is 0.272 e. The summed E-state index contributed by atoms with van der Waals surface area (Å²) in [6.45, 7) is 2.42. The molecule has 1 aliphatic heterocycles. The van der Waals surface area contributed by atoms with Crippen LogP contribution < -0.4 is 10.2 Å². The van der Waals surface area contributed by atoms with E-state index in [-0.39, 0.29) is 5.91 Å². The van der Waals surface area contributed by atoms with Gasteiger partial charge in [0, 0.05) is 31.2 Å². The maximum atomic E-state index is 12.3. The van der Waals surface area contributed by atoms with Crippen LogP contribution in [0.5, 0.6) is 0 Å². The summed E-state index contributed by atoms with van der Waals surface area (Å²) in [4.78, 5) is 18.9. The molecule has 6 nitrogen and oxygen atoms in total. The highest BCUT2D eigenvalue weighted by molar-refractivity contribution is 5.92. The van der Waals surface area contributed by atoms with Gasteiger partial charge in [0.05, 0.1) is 5.52 Å². The Balaban J connectivity index is 1.44. The quantitative estimate of drug-likeness (QED) is 0.794. The zero-order chi connectivity index (χ0) is 17.1. The number of rotatable bonds is 4. The van der Waals surface area contributed by atoms with Crippen molar-refractivity contribution in [2.24, 2.45) is 0 Å². The summed E-state index contributed by atoms with van der Waals surface area (Å²) in [5.74, 6) is 0.612. The van der Waals surface area contributed by atoms with Gasteiger partial charge >= 0.3 is 0 Å². The largest absolute Gasteiger partial charge is 0.355 e. The second kappa shape index (κ2) is 6.84. The molecule has 0 saturated carbocycles. The van der Waals surface area contributed by atoms with Crippen LogP contribution in [0.2, 0.25) is 0 Å². The maximum absolute atomic E-state index is 12.3. The van der Waals surface area contributed by atoms with Crippen LogP contribution in [0, 0.1) is 0 Å². The molecule has 1 saturated heterocycles. The summed E-state index contributed by atoms with van der Waals surface area (Å²) >= 11 is 0. The lowest BCUT2D eigenvalue weighted by Crippen LogP contribution is -2.25. The minimum Gasteiger partial charge on any atom is -0.355 e. The summed E-state index contributed by atoms with van der Waals surface area (Å²) in [5, 5.41) is 12.2. The summed E-state index contributed by atoms with van der Waals surface area (Å²) < 4.78 is 0. The van der Waals surface area contributed by atoms with Gasteiger partial charge in [-0.2, -0.15) is 0 Å². The molecule has 2 aromatic heterocycles. The highest BCUT2D eigenvalue weighted by Crippen LogP contribution is 2.17. The number of amides is 1. The van der Waals surface area contributed by atoms with Crippen LogP contribution in [0.25, 0.3) is 10.9 Å². The Labute approximate surface area is 145 Å². The van der Waals surface area contributed by atoms with Crippen LogP contribution in [-0.2, 0) is 6.54 Å². The van der Waals surface area contributed by atoms with Crippen molar-refractivity contribution in [2.45, 2.75) is 19.4 Å². The van der Waals surface area contributed by atoms with Gasteiger partial charge in [-0.25, -0.2) is 0 Å². The molecule has 1 N–H and O–H groups in total. The Morgan fingerprint density at radius 1 is 1.04 bits per heavy atom. The Hall–Kier alpha value is -3.02. The molecule has 0 bridgehead atoms. The monoisotopic (exact) mass is 333 g/mol. The second-order valence-corrected chi connectivity index (χ2v) is 6.15. The predicted octanol–water partition coefficient (Wildman–Crippen LogP) is 2.56. The third-order valence-electron chi connectivity index (χ3n) is 4.47. The molecule has 25 heavy (non-hydrogen) atoms. The van der Waals surface area contributed by atoms with E-state index in [1.807, 2.05) is 36.4 Å². The Bertz CT molecular complexity index is 882. The summed E-state index contributed by atoms with van der Waals surface area (Å²) in [5.41, 5.74) is 2.21. The molecule has 126 valence electrons. The molecular formula is C19H19N5O. The van der Waals surface area contributed by atoms with Crippen LogP contribution in [0.4, 0.5) is 5.82 Å². The first-order valence-corrected chi connectivity index (χ1v) is 8.51. The maximum Gasteiger partial charge on any atom is 0.272 e. The number of pyridine rings is 1. The molecule has 1 amide bonds. The van der Waals surface area contributed by atoms with Crippen LogP contribution in [0.1, 0.15) is 28.9 Å². The zero-order valence-corrected chi connectivity index (χ0v) is 13.9. The number of anilines is 1. The summed E-state index contributed by atoms with van der Waals surface area (Å²) in [6.07, 6.45) is 4.13. The number of para-hydroxylation sites is 1. The molecule has 0 aliphatic carbocycles. The van der Waals surface area contributed by atoms with Crippen LogP contribution in [0.3, 0.4) is 0 Å². The summed E-state index contributed by atoms with van der Waals surface area (Å²) in [6, 6.07) is 13.5. The van der Waals surface area contributed by atoms with Crippen LogP contribution in [0.15, 0.2) is 48.7 Å². The molecule has 0 atom stereocenters. The molecule has 0 spiro atoms. The van der Waals surface area contributed by atoms with E-state index in [1.54, 1.807) is 12.3 Å². The first-order valence-electron chi connectivity index (χ1n) is 8.51. The van der Waals surface area contributed by atoms with Crippen molar-refractivity contribution in [3.63, 3.8) is 0 Å². The highest BCUT2D eigenvalue weighted by Gasteiger charge is 2.15. The van der Waals surface area contributed by atoms with Crippen molar-refractivity contribution in [1.29, 1.82) is 0 Å². The van der Waals surface area contributed by atoms with E-state index in [0.29, 0.717) is 12.2 Å². The third kappa shape index (κ3) is 3.28. The van der Waals surface area contributed by atoms with Gasteiger partial charge in [-0.15, -0.1) is 10.2 Å². The number of hydrogen-bond acceptors (Lipinski definition) is 5. The standard InChI is InChI=1S/C19H19N5O/c25-19(16-8-9-17(23-22-16)24-11-1-2-12-24)21-13-15-6-3-5-14-7-4-10-20-18(14)15/h3-10H,1-2,11-13H2,(H,21,25). The van der Waals surface area contributed by atoms with E-state index < -0.39 is 0 Å². The Morgan fingerprint density at radius 2 is 1.88 bits per heavy atom. The molecule has 3 aromatic rings. The molecule has 1 fully saturated rings. The van der Waals surface area contributed by atoms with Crippen molar-refractivity contribution in [1.82, 2.24) is 20.5 Å². The molecule has 0 unspecified atom stereocenters. The number of nitrogens with one attached hydrogen (secondary N) is 1. The number of carbonyl (C=O) groups excluding carboxylic acids is 1. The highest BCUT2D eigenvalue weighted by atomic mass is 16.1. The van der Waals surface area contributed by atoms with E-state index in [4.69, 9.17) is 0 Å². The topological polar surface area (TPSA) is 71.0 Å². The number of aromatic nitrogens is 3. The van der Waals surface area contributed by atoms with Crippen molar-refractivity contribution >= 4 is 22.6 Å². The normalized spacial score (nSPS) is 14.0. The van der Waals surface area contributed by atoms with Crippen molar-refractivity contribution in [2.75, 3.05) is 18.0 Å². The van der Waals surface area contributed by atoms with Gasteiger partial charge in [-0.3, -0.25) is 9.78 Å². The van der Waals surface area contributed by atoms with E-state index in [1.165, 1.54) is 12.8 Å². The summed E-state index contributed by atoms with van der Waals surface area (Å²) in [7, 11) is 0. The lowest BCUT2D eigenvalue weighted by Gasteiger charge is -2.15.